The van der Waals surface area contributed by atoms with Crippen molar-refractivity contribution in [2.24, 2.45) is 5.92 Å². The van der Waals surface area contributed by atoms with E-state index in [4.69, 9.17) is 11.6 Å². The predicted molar refractivity (Wildman–Crippen MR) is 96.7 cm³/mol. The number of carbonyl (C=O) groups is 1. The molecule has 2 heterocycles. The topological polar surface area (TPSA) is 47.8 Å². The Hall–Kier alpha value is -2.20. The maximum Gasteiger partial charge on any atom is 0.168 e. The van der Waals surface area contributed by atoms with Crippen LogP contribution in [0.5, 0.6) is 0 Å². The summed E-state index contributed by atoms with van der Waals surface area (Å²) >= 11 is 6.48. The minimum Gasteiger partial charge on any atom is -0.308 e. The number of aromatic nitrogens is 3. The van der Waals surface area contributed by atoms with Crippen molar-refractivity contribution in [2.45, 2.75) is 33.7 Å². The number of rotatable bonds is 5. The van der Waals surface area contributed by atoms with Crippen LogP contribution in [0, 0.1) is 12.8 Å². The number of fused-ring (bicyclic) bond motifs is 1. The van der Waals surface area contributed by atoms with E-state index in [1.807, 2.05) is 23.6 Å². The highest BCUT2D eigenvalue weighted by Gasteiger charge is 2.12. The zero-order chi connectivity index (χ0) is 17.3. The SMILES string of the molecule is Cc1nc2ccc(C=O)nc2n1Cc1ccc(CC(C)C)cc1Cl. The molecule has 0 N–H and O–H groups in total. The Labute approximate surface area is 146 Å². The number of imidazole rings is 1. The Kier molecular flexibility index (Phi) is 4.67. The van der Waals surface area contributed by atoms with Crippen molar-refractivity contribution >= 4 is 29.1 Å². The Morgan fingerprint density at radius 3 is 2.67 bits per heavy atom. The number of hydrogen-bond donors (Lipinski definition) is 0. The summed E-state index contributed by atoms with van der Waals surface area (Å²) in [6.45, 7) is 6.90. The summed E-state index contributed by atoms with van der Waals surface area (Å²) in [5.74, 6) is 1.44. The molecule has 1 aromatic carbocycles. The van der Waals surface area contributed by atoms with Gasteiger partial charge < -0.3 is 4.57 Å². The van der Waals surface area contributed by atoms with Gasteiger partial charge in [0.1, 0.15) is 17.0 Å². The van der Waals surface area contributed by atoms with Crippen molar-refractivity contribution in [1.82, 2.24) is 14.5 Å². The molecular formula is C19H20ClN3O. The summed E-state index contributed by atoms with van der Waals surface area (Å²) in [5.41, 5.74) is 4.16. The summed E-state index contributed by atoms with van der Waals surface area (Å²) in [5, 5.41) is 0.751. The molecule has 0 unspecified atom stereocenters. The average Bonchev–Trinajstić information content (AvgIpc) is 2.84. The number of halogens is 1. The number of aldehydes is 1. The molecule has 0 bridgehead atoms. The van der Waals surface area contributed by atoms with E-state index in [1.54, 1.807) is 6.07 Å². The molecule has 124 valence electrons. The van der Waals surface area contributed by atoms with Gasteiger partial charge in [-0.3, -0.25) is 4.79 Å². The van der Waals surface area contributed by atoms with Gasteiger partial charge in [0, 0.05) is 5.02 Å². The molecule has 0 atom stereocenters. The predicted octanol–water partition coefficient (Wildman–Crippen LogP) is 4.45. The number of hydrogen-bond acceptors (Lipinski definition) is 3. The second kappa shape index (κ2) is 6.73. The molecule has 0 saturated carbocycles. The fraction of sp³-hybridized carbons (Fsp3) is 0.316. The molecule has 2 aromatic heterocycles. The molecule has 3 rings (SSSR count). The fourth-order valence-corrected chi connectivity index (χ4v) is 3.14. The maximum absolute atomic E-state index is 11.0. The third kappa shape index (κ3) is 3.34. The molecule has 0 aliphatic rings. The summed E-state index contributed by atoms with van der Waals surface area (Å²) in [6.07, 6.45) is 1.76. The zero-order valence-electron chi connectivity index (χ0n) is 14.1. The summed E-state index contributed by atoms with van der Waals surface area (Å²) in [7, 11) is 0. The molecule has 4 nitrogen and oxygen atoms in total. The first-order valence-electron chi connectivity index (χ1n) is 8.04. The van der Waals surface area contributed by atoms with Gasteiger partial charge in [-0.2, -0.15) is 0 Å². The van der Waals surface area contributed by atoms with Crippen LogP contribution in [0.15, 0.2) is 30.3 Å². The van der Waals surface area contributed by atoms with Gasteiger partial charge in [0.15, 0.2) is 11.9 Å². The minimum atomic E-state index is 0.405. The van der Waals surface area contributed by atoms with Crippen molar-refractivity contribution in [3.63, 3.8) is 0 Å². The van der Waals surface area contributed by atoms with E-state index in [0.717, 1.165) is 34.6 Å². The minimum absolute atomic E-state index is 0.405. The number of nitrogens with zero attached hydrogens (tertiary/aromatic N) is 3. The van der Waals surface area contributed by atoms with Gasteiger partial charge in [0.25, 0.3) is 0 Å². The van der Waals surface area contributed by atoms with Gasteiger partial charge in [-0.1, -0.05) is 37.6 Å². The smallest absolute Gasteiger partial charge is 0.168 e. The summed E-state index contributed by atoms with van der Waals surface area (Å²) < 4.78 is 1.99. The summed E-state index contributed by atoms with van der Waals surface area (Å²) in [4.78, 5) is 19.9. The first-order valence-corrected chi connectivity index (χ1v) is 8.42. The molecule has 0 radical (unpaired) electrons. The molecule has 0 saturated heterocycles. The van der Waals surface area contributed by atoms with Crippen LogP contribution in [0.25, 0.3) is 11.2 Å². The van der Waals surface area contributed by atoms with Gasteiger partial charge in [-0.05, 0) is 48.6 Å². The molecule has 24 heavy (non-hydrogen) atoms. The third-order valence-corrected chi connectivity index (χ3v) is 4.37. The molecule has 0 amide bonds. The third-order valence-electron chi connectivity index (χ3n) is 4.02. The van der Waals surface area contributed by atoms with Gasteiger partial charge in [-0.25, -0.2) is 9.97 Å². The normalized spacial score (nSPS) is 11.4. The van der Waals surface area contributed by atoms with Crippen LogP contribution in [-0.4, -0.2) is 20.8 Å². The molecule has 0 aliphatic carbocycles. The first kappa shape index (κ1) is 16.7. The van der Waals surface area contributed by atoms with Gasteiger partial charge in [0.05, 0.1) is 6.54 Å². The largest absolute Gasteiger partial charge is 0.308 e. The molecule has 0 fully saturated rings. The lowest BCUT2D eigenvalue weighted by Gasteiger charge is -2.11. The van der Waals surface area contributed by atoms with E-state index in [2.05, 4.69) is 35.9 Å². The van der Waals surface area contributed by atoms with Crippen molar-refractivity contribution in [2.75, 3.05) is 0 Å². The molecule has 3 aromatic rings. The fourth-order valence-electron chi connectivity index (χ4n) is 2.87. The van der Waals surface area contributed by atoms with Crippen LogP contribution in [0.4, 0.5) is 0 Å². The van der Waals surface area contributed by atoms with Gasteiger partial charge in [-0.15, -0.1) is 0 Å². The number of aryl methyl sites for hydroxylation is 1. The van der Waals surface area contributed by atoms with Gasteiger partial charge in [0.2, 0.25) is 0 Å². The van der Waals surface area contributed by atoms with Gasteiger partial charge >= 0.3 is 0 Å². The van der Waals surface area contributed by atoms with Crippen molar-refractivity contribution < 1.29 is 4.79 Å². The second-order valence-corrected chi connectivity index (χ2v) is 6.87. The lowest BCUT2D eigenvalue weighted by Crippen LogP contribution is -2.05. The van der Waals surface area contributed by atoms with Crippen molar-refractivity contribution in [3.05, 3.63) is 58.0 Å². The van der Waals surface area contributed by atoms with E-state index in [1.165, 1.54) is 5.56 Å². The van der Waals surface area contributed by atoms with Crippen LogP contribution >= 0.6 is 11.6 Å². The van der Waals surface area contributed by atoms with Crippen LogP contribution in [0.1, 0.15) is 41.3 Å². The Balaban J connectivity index is 1.97. The standard InChI is InChI=1S/C19H20ClN3O/c1-12(2)8-14-4-5-15(17(20)9-14)10-23-13(3)21-18-7-6-16(11-24)22-19(18)23/h4-7,9,11-12H,8,10H2,1-3H3. The maximum atomic E-state index is 11.0. The van der Waals surface area contributed by atoms with Crippen LogP contribution < -0.4 is 0 Å². The Bertz CT molecular complexity index is 899. The summed E-state index contributed by atoms with van der Waals surface area (Å²) in [6, 6.07) is 9.73. The highest BCUT2D eigenvalue weighted by molar-refractivity contribution is 6.31. The Morgan fingerprint density at radius 2 is 2.00 bits per heavy atom. The first-order chi connectivity index (χ1) is 11.5. The van der Waals surface area contributed by atoms with E-state index in [0.29, 0.717) is 23.8 Å². The molecular weight excluding hydrogens is 322 g/mol. The second-order valence-electron chi connectivity index (χ2n) is 6.47. The molecule has 0 aliphatic heterocycles. The highest BCUT2D eigenvalue weighted by Crippen LogP contribution is 2.23. The number of pyridine rings is 1. The van der Waals surface area contributed by atoms with E-state index in [9.17, 15) is 4.79 Å². The number of carbonyl (C=O) groups excluding carboxylic acids is 1. The molecule has 0 spiro atoms. The van der Waals surface area contributed by atoms with E-state index >= 15 is 0 Å². The lowest BCUT2D eigenvalue weighted by atomic mass is 10.0. The monoisotopic (exact) mass is 341 g/mol. The average molecular weight is 342 g/mol. The van der Waals surface area contributed by atoms with Crippen LogP contribution in [0.2, 0.25) is 5.02 Å². The number of benzene rings is 1. The lowest BCUT2D eigenvalue weighted by molar-refractivity contribution is 0.111. The van der Waals surface area contributed by atoms with Crippen molar-refractivity contribution in [3.8, 4) is 0 Å². The van der Waals surface area contributed by atoms with E-state index in [-0.39, 0.29) is 0 Å². The van der Waals surface area contributed by atoms with Crippen LogP contribution in [-0.2, 0) is 13.0 Å². The molecule has 5 heteroatoms. The van der Waals surface area contributed by atoms with E-state index < -0.39 is 0 Å². The quantitative estimate of drug-likeness (QED) is 0.644. The highest BCUT2D eigenvalue weighted by atomic mass is 35.5. The Morgan fingerprint density at radius 1 is 1.21 bits per heavy atom. The zero-order valence-corrected chi connectivity index (χ0v) is 14.8. The van der Waals surface area contributed by atoms with Crippen LogP contribution in [0.3, 0.4) is 0 Å². The van der Waals surface area contributed by atoms with Crippen molar-refractivity contribution in [1.29, 1.82) is 0 Å².